The second-order valence-corrected chi connectivity index (χ2v) is 13.6. The average Bonchev–Trinajstić information content (AvgIpc) is 2.96. The lowest BCUT2D eigenvalue weighted by Gasteiger charge is -2.64. The van der Waals surface area contributed by atoms with Crippen molar-refractivity contribution in [1.29, 1.82) is 0 Å². The molecule has 0 amide bonds. The summed E-state index contributed by atoms with van der Waals surface area (Å²) in [6, 6.07) is 0. The Balaban J connectivity index is 1.69. The van der Waals surface area contributed by atoms with Crippen LogP contribution < -0.4 is 0 Å². The Bertz CT molecular complexity index is 906. The number of rotatable bonds is 4. The van der Waals surface area contributed by atoms with Gasteiger partial charge in [0.25, 0.3) is 0 Å². The van der Waals surface area contributed by atoms with Crippen molar-refractivity contribution in [3.8, 4) is 0 Å². The monoisotopic (exact) mass is 454 g/mol. The van der Waals surface area contributed by atoms with Crippen LogP contribution in [0.5, 0.6) is 0 Å². The normalized spacial score (nSPS) is 44.8. The molecule has 0 spiro atoms. The Kier molecular flexibility index (Phi) is 5.96. The maximum atomic E-state index is 12.8. The van der Waals surface area contributed by atoms with E-state index in [-0.39, 0.29) is 27.9 Å². The molecule has 4 rings (SSSR count). The summed E-state index contributed by atoms with van der Waals surface area (Å²) in [5, 5.41) is 11.5. The van der Waals surface area contributed by atoms with Gasteiger partial charge in [-0.3, -0.25) is 9.59 Å². The molecule has 184 valence electrons. The summed E-state index contributed by atoms with van der Waals surface area (Å²) in [6.45, 7) is 17.7. The fraction of sp³-hybridized carbons (Fsp3) is 0.800. The molecule has 8 atom stereocenters. The van der Waals surface area contributed by atoms with Crippen molar-refractivity contribution >= 4 is 11.6 Å². The SMILES string of the molecule is CC(C)=CC(=O)C[C@H](C)[C@@H]1CC[C@]2(C)C3=C[C@@H](O)[C@@H]4C(C)(C)C(=O)CC[C@]4(C)[C@H]3CC[C@@]12C. The Labute approximate surface area is 201 Å². The van der Waals surface area contributed by atoms with Gasteiger partial charge in [0, 0.05) is 24.2 Å². The predicted octanol–water partition coefficient (Wildman–Crippen LogP) is 6.69. The number of carbonyl (C=O) groups is 2. The number of aliphatic hydroxyl groups excluding tert-OH is 1. The molecule has 0 heterocycles. The highest BCUT2D eigenvalue weighted by Crippen LogP contribution is 2.73. The third-order valence-corrected chi connectivity index (χ3v) is 11.2. The maximum Gasteiger partial charge on any atom is 0.155 e. The number of hydrogen-bond acceptors (Lipinski definition) is 3. The first-order valence-electron chi connectivity index (χ1n) is 13.3. The highest BCUT2D eigenvalue weighted by molar-refractivity contribution is 5.90. The highest BCUT2D eigenvalue weighted by atomic mass is 16.3. The summed E-state index contributed by atoms with van der Waals surface area (Å²) in [6.07, 6.45) is 10.2. The molecular weight excluding hydrogens is 408 g/mol. The zero-order valence-electron chi connectivity index (χ0n) is 22.3. The number of fused-ring (bicyclic) bond motifs is 5. The molecule has 3 heteroatoms. The van der Waals surface area contributed by atoms with Gasteiger partial charge in [0.1, 0.15) is 5.78 Å². The molecule has 0 aromatic heterocycles. The molecule has 0 aromatic rings. The number of allylic oxidation sites excluding steroid dienone is 3. The van der Waals surface area contributed by atoms with Crippen LogP contribution >= 0.6 is 0 Å². The van der Waals surface area contributed by atoms with Gasteiger partial charge in [0.05, 0.1) is 6.10 Å². The zero-order chi connectivity index (χ0) is 24.6. The topological polar surface area (TPSA) is 54.4 Å². The minimum atomic E-state index is -0.560. The van der Waals surface area contributed by atoms with Gasteiger partial charge in [-0.05, 0) is 86.0 Å². The lowest BCUT2D eigenvalue weighted by Crippen LogP contribution is -2.60. The van der Waals surface area contributed by atoms with Gasteiger partial charge in [0.2, 0.25) is 0 Å². The molecule has 0 aliphatic heterocycles. The van der Waals surface area contributed by atoms with Crippen molar-refractivity contribution in [3.63, 3.8) is 0 Å². The van der Waals surface area contributed by atoms with Crippen LogP contribution in [0, 0.1) is 45.3 Å². The molecule has 0 radical (unpaired) electrons. The Morgan fingerprint density at radius 3 is 2.42 bits per heavy atom. The second kappa shape index (κ2) is 7.90. The van der Waals surface area contributed by atoms with Crippen LogP contribution in [0.15, 0.2) is 23.3 Å². The van der Waals surface area contributed by atoms with Gasteiger partial charge in [0.15, 0.2) is 5.78 Å². The second-order valence-electron chi connectivity index (χ2n) is 13.6. The van der Waals surface area contributed by atoms with Crippen LogP contribution in [0.25, 0.3) is 0 Å². The molecule has 3 fully saturated rings. The molecule has 0 aromatic carbocycles. The molecular formula is C30H46O3. The summed E-state index contributed by atoms with van der Waals surface area (Å²) in [4.78, 5) is 25.4. The lowest BCUT2D eigenvalue weighted by molar-refractivity contribution is -0.156. The molecule has 3 nitrogen and oxygen atoms in total. The van der Waals surface area contributed by atoms with Crippen LogP contribution in [0.1, 0.15) is 100 Å². The fourth-order valence-corrected chi connectivity index (χ4v) is 9.46. The molecule has 4 aliphatic rings. The van der Waals surface area contributed by atoms with E-state index in [1.165, 1.54) is 12.0 Å². The van der Waals surface area contributed by atoms with E-state index in [4.69, 9.17) is 0 Å². The molecule has 0 saturated heterocycles. The van der Waals surface area contributed by atoms with E-state index in [1.54, 1.807) is 6.08 Å². The van der Waals surface area contributed by atoms with Gasteiger partial charge in [-0.25, -0.2) is 0 Å². The summed E-state index contributed by atoms with van der Waals surface area (Å²) < 4.78 is 0. The smallest absolute Gasteiger partial charge is 0.155 e. The summed E-state index contributed by atoms with van der Waals surface area (Å²) in [7, 11) is 0. The number of ketones is 2. The molecule has 33 heavy (non-hydrogen) atoms. The predicted molar refractivity (Wildman–Crippen MR) is 134 cm³/mol. The number of Topliss-reactive ketones (excluding diaryl/α,β-unsaturated/α-hetero) is 1. The van der Waals surface area contributed by atoms with E-state index < -0.39 is 11.5 Å². The number of aliphatic hydroxyl groups is 1. The minimum absolute atomic E-state index is 0.00854. The van der Waals surface area contributed by atoms with Crippen LogP contribution in [0.2, 0.25) is 0 Å². The molecule has 3 saturated carbocycles. The number of hydrogen-bond donors (Lipinski definition) is 1. The first-order chi connectivity index (χ1) is 15.2. The Morgan fingerprint density at radius 2 is 1.79 bits per heavy atom. The summed E-state index contributed by atoms with van der Waals surface area (Å²) >= 11 is 0. The molecule has 0 unspecified atom stereocenters. The third-order valence-electron chi connectivity index (χ3n) is 11.2. The van der Waals surface area contributed by atoms with Gasteiger partial charge >= 0.3 is 0 Å². The lowest BCUT2D eigenvalue weighted by atomic mass is 9.40. The van der Waals surface area contributed by atoms with Crippen molar-refractivity contribution < 1.29 is 14.7 Å². The summed E-state index contributed by atoms with van der Waals surface area (Å²) in [5.41, 5.74) is 2.23. The zero-order valence-corrected chi connectivity index (χ0v) is 22.3. The molecule has 0 bridgehead atoms. The van der Waals surface area contributed by atoms with Crippen LogP contribution in [-0.2, 0) is 9.59 Å². The molecule has 4 aliphatic carbocycles. The van der Waals surface area contributed by atoms with E-state index in [0.717, 1.165) is 31.3 Å². The summed E-state index contributed by atoms with van der Waals surface area (Å²) in [5.74, 6) is 1.88. The van der Waals surface area contributed by atoms with Gasteiger partial charge in [-0.15, -0.1) is 0 Å². The first kappa shape index (κ1) is 24.9. The van der Waals surface area contributed by atoms with E-state index in [2.05, 4.69) is 47.6 Å². The minimum Gasteiger partial charge on any atom is -0.389 e. The average molecular weight is 455 g/mol. The third kappa shape index (κ3) is 3.46. The Hall–Kier alpha value is -1.22. The van der Waals surface area contributed by atoms with E-state index in [0.29, 0.717) is 36.4 Å². The largest absolute Gasteiger partial charge is 0.389 e. The van der Waals surface area contributed by atoms with Crippen molar-refractivity contribution in [2.24, 2.45) is 45.3 Å². The standard InChI is InChI=1S/C30H46O3/c1-18(2)15-20(31)16-19(3)21-9-13-30(8)23-17-24(32)26-27(4,5)25(33)11-12-28(26,6)22(23)10-14-29(21,30)7/h15,17,19,21-22,24,26,32H,9-14,16H2,1-8H3/t19-,21-,22-,24+,26+,28+,29-,30+/m0/s1. The maximum absolute atomic E-state index is 12.8. The van der Waals surface area contributed by atoms with E-state index >= 15 is 0 Å². The van der Waals surface area contributed by atoms with Crippen molar-refractivity contribution in [2.75, 3.05) is 0 Å². The van der Waals surface area contributed by atoms with Crippen LogP contribution in [0.4, 0.5) is 0 Å². The van der Waals surface area contributed by atoms with Crippen LogP contribution in [0.3, 0.4) is 0 Å². The van der Waals surface area contributed by atoms with E-state index in [9.17, 15) is 14.7 Å². The quantitative estimate of drug-likeness (QED) is 0.380. The van der Waals surface area contributed by atoms with Crippen LogP contribution in [-0.4, -0.2) is 22.8 Å². The highest BCUT2D eigenvalue weighted by Gasteiger charge is 2.66. The van der Waals surface area contributed by atoms with E-state index in [1.807, 2.05) is 13.8 Å². The van der Waals surface area contributed by atoms with Gasteiger partial charge in [-0.1, -0.05) is 58.8 Å². The first-order valence-corrected chi connectivity index (χ1v) is 13.3. The van der Waals surface area contributed by atoms with Crippen molar-refractivity contribution in [3.05, 3.63) is 23.3 Å². The molecule has 1 N–H and O–H groups in total. The van der Waals surface area contributed by atoms with Gasteiger partial charge < -0.3 is 5.11 Å². The van der Waals surface area contributed by atoms with Gasteiger partial charge in [-0.2, -0.15) is 0 Å². The van der Waals surface area contributed by atoms with Crippen molar-refractivity contribution in [1.82, 2.24) is 0 Å². The Morgan fingerprint density at radius 1 is 1.12 bits per heavy atom. The fourth-order valence-electron chi connectivity index (χ4n) is 9.46. The number of carbonyl (C=O) groups excluding carboxylic acids is 2. The van der Waals surface area contributed by atoms with Crippen molar-refractivity contribution in [2.45, 2.75) is 106 Å².